The van der Waals surface area contributed by atoms with Crippen LogP contribution in [0.3, 0.4) is 0 Å². The van der Waals surface area contributed by atoms with E-state index >= 15 is 9.59 Å². The Bertz CT molecular complexity index is 3380. The van der Waals surface area contributed by atoms with Crippen LogP contribution in [-0.2, 0) is 125 Å². The number of unbranched alkanes of at least 4 members (excludes halogenated alkanes) is 1. The van der Waals surface area contributed by atoms with E-state index in [9.17, 15) is 48.6 Å². The van der Waals surface area contributed by atoms with Crippen molar-refractivity contribution in [2.24, 2.45) is 17.2 Å². The molecule has 1 radical (unpaired) electrons. The zero-order valence-electron chi connectivity index (χ0n) is 49.2. The number of fused-ring (bicyclic) bond motifs is 2. The second kappa shape index (κ2) is 37.1. The molecule has 0 spiro atoms. The van der Waals surface area contributed by atoms with E-state index in [0.29, 0.717) is 44.5 Å². The summed E-state index contributed by atoms with van der Waals surface area (Å²) in [6.45, 7) is 0.346. The van der Waals surface area contributed by atoms with Crippen LogP contribution in [-0.4, -0.2) is 165 Å². The SMILES string of the molecule is C[C@@H](O)[C@H](NC(=O)[C@H](CCCCN)NC(=O)[C@@H](Cc1c[nH]c2ccccc12)NC(=O)[C@H](Cc1c[nH]c2ccccc12)NC(=O)[C@H](Cc1ccccc1)NC(=O)CCNC(=O)[C@@H](N)C[S-])C(=O)N[C@@H](Cc1ccccc1)C(=O)N(CC(N)=O)[C@@H](C[S-])C(=O)[O-].[O-2].[Re]. The van der Waals surface area contributed by atoms with Gasteiger partial charge in [0.05, 0.1) is 30.7 Å². The average molecular weight is 1450 g/mol. The summed E-state index contributed by atoms with van der Waals surface area (Å²) in [4.78, 5) is 145. The molecule has 0 unspecified atom stereocenters. The maximum Gasteiger partial charge on any atom is 0.246 e. The Labute approximate surface area is 544 Å². The van der Waals surface area contributed by atoms with Crippen molar-refractivity contribution in [2.45, 2.75) is 113 Å². The number of amides is 9. The number of nitrogens with zero attached hydrogens (tertiary/aromatic N) is 1. The molecule has 9 amide bonds. The first-order valence-corrected chi connectivity index (χ1v) is 29.7. The van der Waals surface area contributed by atoms with Gasteiger partial charge in [0.15, 0.2) is 0 Å². The number of carbonyl (C=O) groups excluding carboxylic acids is 10. The molecular weight excluding hydrogens is 1370 g/mol. The van der Waals surface area contributed by atoms with E-state index < -0.39 is 126 Å². The van der Waals surface area contributed by atoms with Gasteiger partial charge < -0.3 is 115 Å². The van der Waals surface area contributed by atoms with Gasteiger partial charge in [0.25, 0.3) is 0 Å². The third-order valence-electron chi connectivity index (χ3n) is 14.5. The number of aliphatic hydroxyl groups is 1. The first kappa shape index (κ1) is 74.3. The Morgan fingerprint density at radius 3 is 1.51 bits per heavy atom. The van der Waals surface area contributed by atoms with Gasteiger partial charge >= 0.3 is 0 Å². The first-order valence-electron chi connectivity index (χ1n) is 28.6. The molecule has 0 aliphatic heterocycles. The Morgan fingerprint density at radius 2 is 1.04 bits per heavy atom. The predicted octanol–water partition coefficient (Wildman–Crippen LogP) is -2.42. The fourth-order valence-corrected chi connectivity index (χ4v) is 10.3. The zero-order valence-corrected chi connectivity index (χ0v) is 53.5. The summed E-state index contributed by atoms with van der Waals surface area (Å²) in [5.74, 6) is -10.4. The number of H-pyrrole nitrogens is 2. The molecule has 6 aromatic rings. The standard InChI is InChI=1S/C61H77N13O12S2.O.Re/c1-35(75)53(59(83)72-49(27-37-16-6-3-7-17-37)60(84)74(32-51(64)76)50(34-88)61(85)86)73-55(79)45(22-12-13-24-62)69-57(81)47(28-38-30-66-43-20-10-8-18-40(38)43)71-58(82)48(29-39-31-67-44-21-11-9-19-41(39)44)70-56(80)46(26-36-14-4-2-5-15-36)68-52(77)23-25-65-54(78)42(63)33-87;;/h2-11,14-21,30-31,35,42,45-50,53,66-67,75,87-88H,12-13,22-29,32-34,62-63H2,1H3,(H2,64,76)(H,65,78)(H,68,77)(H,69,81)(H,70,80)(H,71,82)(H,72,83)(H,73,79)(H,85,86);;/q;-2;/p-3/t35-,42+,45+,46+,47-,48+,49+,50+,53+;;/m1../s1. The molecule has 29 heteroatoms. The second-order valence-electron chi connectivity index (χ2n) is 21.1. The molecular formula is C61H74N13O13ReS2-5. The monoisotopic (exact) mass is 1450 g/mol. The summed E-state index contributed by atoms with van der Waals surface area (Å²) in [7, 11) is 0. The number of carboxylic acids is 1. The van der Waals surface area contributed by atoms with Crippen LogP contribution in [0.2, 0.25) is 0 Å². The summed E-state index contributed by atoms with van der Waals surface area (Å²) < 4.78 is 0. The number of carboxylic acid groups (broad SMARTS) is 1. The van der Waals surface area contributed by atoms with Crippen LogP contribution in [0, 0.1) is 0 Å². The van der Waals surface area contributed by atoms with Crippen LogP contribution in [0.25, 0.3) is 21.8 Å². The number of hydrogen-bond acceptors (Lipinski definition) is 16. The Morgan fingerprint density at radius 1 is 0.589 bits per heavy atom. The molecule has 2 heterocycles. The van der Waals surface area contributed by atoms with Crippen molar-refractivity contribution in [2.75, 3.05) is 31.1 Å². The molecule has 16 N–H and O–H groups in total. The number of aromatic nitrogens is 2. The van der Waals surface area contributed by atoms with Crippen LogP contribution >= 0.6 is 0 Å². The fraction of sp³-hybridized carbons (Fsp3) is 0.377. The molecule has 0 aliphatic carbocycles. The number of nitrogens with one attached hydrogen (secondary N) is 9. The average Bonchev–Trinajstić information content (AvgIpc) is 2.40. The Balaban J connectivity index is 0.00000865. The maximum absolute atomic E-state index is 15.2. The van der Waals surface area contributed by atoms with Gasteiger partial charge in [-0.15, -0.1) is 0 Å². The number of carbonyl (C=O) groups is 10. The molecule has 0 bridgehead atoms. The molecule has 0 aliphatic rings. The third kappa shape index (κ3) is 21.8. The molecule has 0 fully saturated rings. The number of para-hydroxylation sites is 2. The molecule has 2 aromatic heterocycles. The van der Waals surface area contributed by atoms with Crippen molar-refractivity contribution in [3.63, 3.8) is 0 Å². The smallest absolute Gasteiger partial charge is 0.246 e. The zero-order chi connectivity index (χ0) is 63.9. The largest absolute Gasteiger partial charge is 2.00 e. The quantitative estimate of drug-likeness (QED) is 0.0145. The number of rotatable bonds is 35. The van der Waals surface area contributed by atoms with Crippen molar-refractivity contribution >= 4 is 106 Å². The Kier molecular flexibility index (Phi) is 30.7. The minimum atomic E-state index is -1.83. The van der Waals surface area contributed by atoms with Crippen LogP contribution < -0.4 is 59.5 Å². The van der Waals surface area contributed by atoms with E-state index in [1.54, 1.807) is 97.3 Å². The van der Waals surface area contributed by atoms with Crippen molar-refractivity contribution in [3.05, 3.63) is 144 Å². The minimum Gasteiger partial charge on any atom is -2.00 e. The molecule has 9 atom stereocenters. The van der Waals surface area contributed by atoms with E-state index in [1.165, 1.54) is 6.92 Å². The van der Waals surface area contributed by atoms with Gasteiger partial charge in [0, 0.05) is 93.3 Å². The van der Waals surface area contributed by atoms with E-state index in [0.717, 1.165) is 10.9 Å². The van der Waals surface area contributed by atoms with Crippen LogP contribution in [0.4, 0.5) is 0 Å². The number of aromatic amines is 2. The Hall–Kier alpha value is -8.14. The van der Waals surface area contributed by atoms with Crippen LogP contribution in [0.15, 0.2) is 122 Å². The number of primary amides is 1. The minimum absolute atomic E-state index is 0. The number of aliphatic hydroxyl groups excluding tert-OH is 1. The van der Waals surface area contributed by atoms with Crippen molar-refractivity contribution in [3.8, 4) is 0 Å². The van der Waals surface area contributed by atoms with E-state index in [-0.39, 0.29) is 89.7 Å². The van der Waals surface area contributed by atoms with Crippen LogP contribution in [0.1, 0.15) is 54.9 Å². The topological polar surface area (TPSA) is 440 Å². The van der Waals surface area contributed by atoms with Gasteiger partial charge in [0.2, 0.25) is 53.2 Å². The molecule has 6 rings (SSSR count). The second-order valence-corrected chi connectivity index (χ2v) is 21.8. The number of nitrogens with two attached hydrogens (primary N) is 3. The summed E-state index contributed by atoms with van der Waals surface area (Å²) in [5.41, 5.74) is 20.8. The van der Waals surface area contributed by atoms with Gasteiger partial charge in [-0.05, 0) is 67.1 Å². The molecule has 0 saturated heterocycles. The van der Waals surface area contributed by atoms with E-state index in [1.807, 2.05) is 24.3 Å². The van der Waals surface area contributed by atoms with Crippen molar-refractivity contribution in [1.82, 2.24) is 52.1 Å². The summed E-state index contributed by atoms with van der Waals surface area (Å²) in [5, 5.41) is 43.5. The molecule has 0 saturated carbocycles. The third-order valence-corrected chi connectivity index (χ3v) is 15.2. The van der Waals surface area contributed by atoms with E-state index in [2.05, 4.69) is 47.2 Å². The van der Waals surface area contributed by atoms with Crippen molar-refractivity contribution < 1.29 is 84.1 Å². The fourth-order valence-electron chi connectivity index (χ4n) is 9.83. The summed E-state index contributed by atoms with van der Waals surface area (Å²) in [6, 6.07) is 19.6. The number of hydrogen-bond donors (Lipinski definition) is 13. The number of aliphatic carboxylic acids is 1. The van der Waals surface area contributed by atoms with Gasteiger partial charge in [-0.25, -0.2) is 0 Å². The van der Waals surface area contributed by atoms with Gasteiger partial charge in [-0.3, -0.25) is 43.2 Å². The van der Waals surface area contributed by atoms with E-state index in [4.69, 9.17) is 42.5 Å². The van der Waals surface area contributed by atoms with Gasteiger partial charge in [-0.2, -0.15) is 11.5 Å². The predicted molar refractivity (Wildman–Crippen MR) is 331 cm³/mol. The molecule has 485 valence electrons. The molecule has 4 aromatic carbocycles. The maximum atomic E-state index is 15.2. The summed E-state index contributed by atoms with van der Waals surface area (Å²) >= 11 is 9.87. The molecule has 90 heavy (non-hydrogen) atoms. The normalized spacial score (nSPS) is 14.0. The van der Waals surface area contributed by atoms with Gasteiger partial charge in [0.1, 0.15) is 36.3 Å². The van der Waals surface area contributed by atoms with Crippen molar-refractivity contribution in [1.29, 1.82) is 0 Å². The first-order chi connectivity index (χ1) is 42.2. The van der Waals surface area contributed by atoms with Crippen LogP contribution in [0.5, 0.6) is 0 Å². The molecule has 26 nitrogen and oxygen atoms in total. The summed E-state index contributed by atoms with van der Waals surface area (Å²) in [6.07, 6.45) is 1.37. The van der Waals surface area contributed by atoms with Gasteiger partial charge in [-0.1, -0.05) is 97.1 Å². The number of benzene rings is 4.